The average Bonchev–Trinajstić information content (AvgIpc) is 3.35. The summed E-state index contributed by atoms with van der Waals surface area (Å²) in [6.07, 6.45) is 4.64. The lowest BCUT2D eigenvalue weighted by Crippen LogP contribution is -2.27. The summed E-state index contributed by atoms with van der Waals surface area (Å²) in [6, 6.07) is 40.3. The Hall–Kier alpha value is -8.75. The first kappa shape index (κ1) is 60.3. The highest BCUT2D eigenvalue weighted by molar-refractivity contribution is 6.01. The van der Waals surface area contributed by atoms with Crippen molar-refractivity contribution in [3.63, 3.8) is 0 Å². The Kier molecular flexibility index (Phi) is 37.2. The standard InChI is InChI=1S/C18H19N5O2.C13H13N3O.C12H13N3.C5H8N2O2.CH4/c19-7-1-10-23(11-2-8-20)17-5-3-15(4-6-17)13-16(14-21)18(25)22-9-12-24;14-7-1-9-16(10-2-8-15)13-5-3-12(11-17)4-6-13;13-8-4-10-15(11-5-9-14)12-6-2-1-3-7-12;6-2-1-5(9)7-3-4-8;/h3-6,13,24H,1-2,9-12H2,(H,22,25);3-6,11H,1-2,9-10H2;1-3,6-7H,4-5,10-11H2;8H,1,3-4H2,(H,7,9);1H4/b16-13+;;;;. The molecule has 0 heterocycles. The van der Waals surface area contributed by atoms with Crippen molar-refractivity contribution in [1.29, 1.82) is 42.1 Å². The molecule has 0 atom stereocenters. The molecule has 67 heavy (non-hydrogen) atoms. The second kappa shape index (κ2) is 41.3. The van der Waals surface area contributed by atoms with Crippen LogP contribution in [0.15, 0.2) is 84.4 Å². The van der Waals surface area contributed by atoms with Crippen LogP contribution >= 0.6 is 0 Å². The first-order chi connectivity index (χ1) is 32.2. The third kappa shape index (κ3) is 28.5. The number of aliphatic hydroxyl groups is 2. The number of anilines is 3. The normalized spacial score (nSPS) is 9.19. The molecule has 2 amide bonds. The smallest absolute Gasteiger partial charge is 0.262 e. The molecule has 348 valence electrons. The first-order valence-electron chi connectivity index (χ1n) is 20.6. The van der Waals surface area contributed by atoms with E-state index in [2.05, 4.69) is 51.9 Å². The van der Waals surface area contributed by atoms with Crippen LogP contribution in [-0.4, -0.2) is 93.9 Å². The number of aldehydes is 1. The molecule has 4 N–H and O–H groups in total. The molecule has 0 aliphatic carbocycles. The van der Waals surface area contributed by atoms with Crippen molar-refractivity contribution in [2.24, 2.45) is 0 Å². The number of hydrogen-bond acceptors (Lipinski definition) is 16. The summed E-state index contributed by atoms with van der Waals surface area (Å²) in [4.78, 5) is 38.6. The van der Waals surface area contributed by atoms with Crippen LogP contribution in [0, 0.1) is 90.6 Å². The predicted octanol–water partition coefficient (Wildman–Crippen LogP) is 5.43. The van der Waals surface area contributed by atoms with Gasteiger partial charge in [-0.15, -0.1) is 0 Å². The Balaban J connectivity index is 0. The Morgan fingerprint density at radius 2 is 0.866 bits per heavy atom. The maximum Gasteiger partial charge on any atom is 0.262 e. The molecule has 0 saturated heterocycles. The first-order valence-corrected chi connectivity index (χ1v) is 20.6. The number of para-hydroxylation sites is 1. The second-order valence-electron chi connectivity index (χ2n) is 13.1. The van der Waals surface area contributed by atoms with Gasteiger partial charge in [0, 0.05) is 75.0 Å². The maximum absolute atomic E-state index is 11.8. The van der Waals surface area contributed by atoms with E-state index in [4.69, 9.17) is 52.3 Å². The molecule has 3 aromatic carbocycles. The summed E-state index contributed by atoms with van der Waals surface area (Å²) in [7, 11) is 0. The van der Waals surface area contributed by atoms with Gasteiger partial charge in [-0.3, -0.25) is 14.4 Å². The van der Waals surface area contributed by atoms with E-state index in [0.717, 1.165) is 23.3 Å². The summed E-state index contributed by atoms with van der Waals surface area (Å²) in [5, 5.41) is 90.4. The van der Waals surface area contributed by atoms with Gasteiger partial charge < -0.3 is 35.5 Å². The summed E-state index contributed by atoms with van der Waals surface area (Å²) in [6.45, 7) is 3.64. The highest BCUT2D eigenvalue weighted by atomic mass is 16.3. The van der Waals surface area contributed by atoms with Crippen molar-refractivity contribution in [2.45, 2.75) is 52.4 Å². The third-order valence-corrected chi connectivity index (χ3v) is 8.48. The molecule has 0 unspecified atom stereocenters. The fourth-order valence-electron chi connectivity index (χ4n) is 5.31. The number of nitrogens with zero attached hydrogens (tertiary/aromatic N) is 11. The van der Waals surface area contributed by atoms with Crippen LogP contribution in [-0.2, 0) is 9.59 Å². The Labute approximate surface area is 394 Å². The van der Waals surface area contributed by atoms with Crippen molar-refractivity contribution < 1.29 is 24.6 Å². The molecule has 3 rings (SSSR count). The molecule has 0 bridgehead atoms. The number of benzene rings is 3. The van der Waals surface area contributed by atoms with Gasteiger partial charge in [0.05, 0.1) is 94.2 Å². The molecule has 0 aromatic heterocycles. The topological polar surface area (TPSA) is 316 Å². The Morgan fingerprint density at radius 1 is 0.507 bits per heavy atom. The van der Waals surface area contributed by atoms with Crippen LogP contribution in [0.25, 0.3) is 6.08 Å². The van der Waals surface area contributed by atoms with Gasteiger partial charge >= 0.3 is 0 Å². The minimum atomic E-state index is -0.537. The number of carbonyl (C=O) groups is 3. The Bertz CT molecular complexity index is 2200. The zero-order valence-electron chi connectivity index (χ0n) is 36.7. The average molecular weight is 908 g/mol. The molecule has 18 heteroatoms. The lowest BCUT2D eigenvalue weighted by atomic mass is 10.1. The number of nitriles is 8. The fourth-order valence-corrected chi connectivity index (χ4v) is 5.31. The molecule has 0 aliphatic heterocycles. The van der Waals surface area contributed by atoms with Gasteiger partial charge in [0.15, 0.2) is 0 Å². The van der Waals surface area contributed by atoms with Crippen LogP contribution in [0.2, 0.25) is 0 Å². The van der Waals surface area contributed by atoms with Crippen LogP contribution in [0.5, 0.6) is 0 Å². The van der Waals surface area contributed by atoms with Crippen molar-refractivity contribution in [1.82, 2.24) is 10.6 Å². The van der Waals surface area contributed by atoms with Crippen molar-refractivity contribution in [2.75, 3.05) is 80.3 Å². The van der Waals surface area contributed by atoms with Gasteiger partial charge in [-0.2, -0.15) is 42.1 Å². The number of aliphatic hydroxyl groups excluding tert-OH is 2. The summed E-state index contributed by atoms with van der Waals surface area (Å²) in [5.41, 5.74) is 4.12. The molecule has 18 nitrogen and oxygen atoms in total. The molecule has 0 radical (unpaired) electrons. The highest BCUT2D eigenvalue weighted by Gasteiger charge is 2.10. The molecule has 0 spiro atoms. The minimum Gasteiger partial charge on any atom is -0.395 e. The number of amides is 2. The predicted molar refractivity (Wildman–Crippen MR) is 253 cm³/mol. The maximum atomic E-state index is 11.8. The lowest BCUT2D eigenvalue weighted by Gasteiger charge is -2.22. The van der Waals surface area contributed by atoms with Crippen LogP contribution < -0.4 is 25.3 Å². The summed E-state index contributed by atoms with van der Waals surface area (Å²) >= 11 is 0. The van der Waals surface area contributed by atoms with Gasteiger partial charge in [0.25, 0.3) is 5.91 Å². The van der Waals surface area contributed by atoms with E-state index < -0.39 is 5.91 Å². The lowest BCUT2D eigenvalue weighted by molar-refractivity contribution is -0.120. The molecular formula is C49H57N13O5. The highest BCUT2D eigenvalue weighted by Crippen LogP contribution is 2.19. The Morgan fingerprint density at radius 3 is 1.19 bits per heavy atom. The van der Waals surface area contributed by atoms with Gasteiger partial charge in [-0.25, -0.2) is 0 Å². The van der Waals surface area contributed by atoms with Gasteiger partial charge in [-0.05, 0) is 60.2 Å². The number of rotatable bonds is 23. The van der Waals surface area contributed by atoms with E-state index >= 15 is 0 Å². The minimum absolute atomic E-state index is 0. The molecule has 0 aliphatic rings. The van der Waals surface area contributed by atoms with E-state index in [9.17, 15) is 14.4 Å². The third-order valence-electron chi connectivity index (χ3n) is 8.48. The van der Waals surface area contributed by atoms with Crippen LogP contribution in [0.3, 0.4) is 0 Å². The van der Waals surface area contributed by atoms with E-state index in [1.807, 2.05) is 70.5 Å². The van der Waals surface area contributed by atoms with Gasteiger partial charge in [-0.1, -0.05) is 37.8 Å². The number of hydrogen-bond donors (Lipinski definition) is 4. The van der Waals surface area contributed by atoms with E-state index in [1.165, 1.54) is 6.08 Å². The number of nitrogens with one attached hydrogen (secondary N) is 2. The summed E-state index contributed by atoms with van der Waals surface area (Å²) < 4.78 is 0. The van der Waals surface area contributed by atoms with E-state index in [1.54, 1.807) is 30.3 Å². The van der Waals surface area contributed by atoms with Crippen molar-refractivity contribution in [3.8, 4) is 48.6 Å². The molecule has 0 saturated carbocycles. The second-order valence-corrected chi connectivity index (χ2v) is 13.1. The number of carbonyl (C=O) groups excluding carboxylic acids is 3. The quantitative estimate of drug-likeness (QED) is 0.0523. The monoisotopic (exact) mass is 907 g/mol. The van der Waals surface area contributed by atoms with Crippen LogP contribution in [0.4, 0.5) is 17.1 Å². The van der Waals surface area contributed by atoms with Gasteiger partial charge in [0.2, 0.25) is 5.91 Å². The van der Waals surface area contributed by atoms with Crippen molar-refractivity contribution in [3.05, 3.63) is 95.6 Å². The molecule has 3 aromatic rings. The molecule has 0 fully saturated rings. The zero-order chi connectivity index (χ0) is 49.0. The van der Waals surface area contributed by atoms with Crippen molar-refractivity contribution >= 4 is 41.2 Å². The molecular weight excluding hydrogens is 851 g/mol. The van der Waals surface area contributed by atoms with E-state index in [-0.39, 0.29) is 51.6 Å². The SMILES string of the molecule is C.N#CCC(=O)NCCO.N#CCCN(CCC#N)c1ccc(/C=C(\C#N)C(=O)NCCO)cc1.N#CCCN(CCC#N)c1ccc(C=O)cc1.N#CCCN(CCC#N)c1ccccc1. The summed E-state index contributed by atoms with van der Waals surface area (Å²) in [5.74, 6) is -0.878. The van der Waals surface area contributed by atoms with E-state index in [0.29, 0.717) is 88.9 Å². The zero-order valence-corrected chi connectivity index (χ0v) is 36.7. The van der Waals surface area contributed by atoms with Crippen LogP contribution in [0.1, 0.15) is 68.3 Å². The fraction of sp³-hybridized carbons (Fsp3) is 0.367. The largest absolute Gasteiger partial charge is 0.395 e. The van der Waals surface area contributed by atoms with Gasteiger partial charge in [0.1, 0.15) is 24.3 Å².